The third kappa shape index (κ3) is 7.27. The van der Waals surface area contributed by atoms with Crippen molar-refractivity contribution in [1.82, 2.24) is 5.32 Å². The van der Waals surface area contributed by atoms with E-state index in [2.05, 4.69) is 5.32 Å². The van der Waals surface area contributed by atoms with Crippen molar-refractivity contribution in [3.05, 3.63) is 28.2 Å². The van der Waals surface area contributed by atoms with Crippen molar-refractivity contribution < 1.29 is 9.53 Å². The molecule has 0 radical (unpaired) electrons. The lowest BCUT2D eigenvalue weighted by molar-refractivity contribution is -0.122. The van der Waals surface area contributed by atoms with Crippen LogP contribution in [0.25, 0.3) is 0 Å². The lowest BCUT2D eigenvalue weighted by atomic mass is 10.2. The van der Waals surface area contributed by atoms with Crippen LogP contribution in [0.4, 0.5) is 0 Å². The largest absolute Gasteiger partial charge is 0.492 e. The van der Waals surface area contributed by atoms with Crippen molar-refractivity contribution in [2.45, 2.75) is 18.9 Å². The number of benzene rings is 1. The molecule has 21 heavy (non-hydrogen) atoms. The Bertz CT molecular complexity index is 461. The Labute approximate surface area is 139 Å². The van der Waals surface area contributed by atoms with Crippen LogP contribution in [0, 0.1) is 0 Å². The highest BCUT2D eigenvalue weighted by Gasteiger charge is 2.11. The van der Waals surface area contributed by atoms with Gasteiger partial charge in [0.05, 0.1) is 17.7 Å². The number of hydrogen-bond donors (Lipinski definition) is 2. The van der Waals surface area contributed by atoms with E-state index in [0.29, 0.717) is 41.8 Å². The number of halogens is 2. The van der Waals surface area contributed by atoms with Gasteiger partial charge in [0.15, 0.2) is 0 Å². The fourth-order valence-electron chi connectivity index (χ4n) is 1.57. The van der Waals surface area contributed by atoms with E-state index in [9.17, 15) is 4.79 Å². The zero-order valence-electron chi connectivity index (χ0n) is 11.9. The molecule has 1 atom stereocenters. The molecule has 0 aliphatic rings. The summed E-state index contributed by atoms with van der Waals surface area (Å²) in [5.74, 6) is 1.35. The molecule has 0 fully saturated rings. The maximum atomic E-state index is 11.7. The second-order valence-corrected chi connectivity index (χ2v) is 6.28. The Morgan fingerprint density at radius 1 is 1.48 bits per heavy atom. The molecule has 1 rings (SSSR count). The summed E-state index contributed by atoms with van der Waals surface area (Å²) in [4.78, 5) is 11.7. The fraction of sp³-hybridized carbons (Fsp3) is 0.500. The number of nitrogens with two attached hydrogens (primary N) is 1. The van der Waals surface area contributed by atoms with Crippen LogP contribution < -0.4 is 15.8 Å². The molecular formula is C14H20Cl2N2O2S. The molecular weight excluding hydrogens is 331 g/mol. The fourth-order valence-corrected chi connectivity index (χ4v) is 2.52. The highest BCUT2D eigenvalue weighted by Crippen LogP contribution is 2.27. The first-order chi connectivity index (χ1) is 10.0. The van der Waals surface area contributed by atoms with Crippen LogP contribution in [0.2, 0.25) is 10.0 Å². The van der Waals surface area contributed by atoms with Gasteiger partial charge in [0.1, 0.15) is 5.75 Å². The van der Waals surface area contributed by atoms with Gasteiger partial charge in [-0.3, -0.25) is 4.79 Å². The number of hydrogen-bond acceptors (Lipinski definition) is 4. The van der Waals surface area contributed by atoms with Crippen LogP contribution >= 0.6 is 35.0 Å². The van der Waals surface area contributed by atoms with Crippen LogP contribution in [0.5, 0.6) is 5.75 Å². The SMILES string of the molecule is CSCC[C@H](N)C(=O)NCCCOc1ccc(Cl)cc1Cl. The maximum Gasteiger partial charge on any atom is 0.236 e. The van der Waals surface area contributed by atoms with E-state index in [0.717, 1.165) is 5.75 Å². The molecule has 0 unspecified atom stereocenters. The second kappa shape index (κ2) is 10.2. The molecule has 0 saturated heterocycles. The lowest BCUT2D eigenvalue weighted by Gasteiger charge is -2.12. The number of carbonyl (C=O) groups excluding carboxylic acids is 1. The molecule has 3 N–H and O–H groups in total. The van der Waals surface area contributed by atoms with Crippen molar-refractivity contribution in [2.75, 3.05) is 25.2 Å². The highest BCUT2D eigenvalue weighted by atomic mass is 35.5. The molecule has 0 saturated carbocycles. The normalized spacial score (nSPS) is 12.0. The number of nitrogens with one attached hydrogen (secondary N) is 1. The van der Waals surface area contributed by atoms with Gasteiger partial charge in [-0.05, 0) is 43.0 Å². The number of amides is 1. The number of carbonyl (C=O) groups is 1. The molecule has 0 aromatic heterocycles. The third-order valence-electron chi connectivity index (χ3n) is 2.74. The summed E-state index contributed by atoms with van der Waals surface area (Å²) in [6.07, 6.45) is 3.35. The molecule has 0 bridgehead atoms. The van der Waals surface area contributed by atoms with Gasteiger partial charge in [0.25, 0.3) is 0 Å². The Hall–Kier alpha value is -0.620. The predicted octanol–water partition coefficient (Wildman–Crippen LogP) is 2.96. The second-order valence-electron chi connectivity index (χ2n) is 4.46. The van der Waals surface area contributed by atoms with Gasteiger partial charge in [-0.15, -0.1) is 0 Å². The third-order valence-corrected chi connectivity index (χ3v) is 3.92. The van der Waals surface area contributed by atoms with E-state index in [1.165, 1.54) is 0 Å². The predicted molar refractivity (Wildman–Crippen MR) is 90.6 cm³/mol. The molecule has 1 amide bonds. The average Bonchev–Trinajstić information content (AvgIpc) is 2.46. The molecule has 0 aliphatic carbocycles. The van der Waals surface area contributed by atoms with Gasteiger partial charge in [-0.1, -0.05) is 23.2 Å². The number of thioether (sulfide) groups is 1. The average molecular weight is 351 g/mol. The molecule has 1 aromatic rings. The van der Waals surface area contributed by atoms with Gasteiger partial charge in [0.2, 0.25) is 5.91 Å². The summed E-state index contributed by atoms with van der Waals surface area (Å²) < 4.78 is 5.52. The zero-order chi connectivity index (χ0) is 15.7. The summed E-state index contributed by atoms with van der Waals surface area (Å²) in [5, 5.41) is 3.84. The van der Waals surface area contributed by atoms with Gasteiger partial charge in [-0.2, -0.15) is 11.8 Å². The highest BCUT2D eigenvalue weighted by molar-refractivity contribution is 7.98. The Kier molecular flexibility index (Phi) is 8.92. The topological polar surface area (TPSA) is 64.4 Å². The van der Waals surface area contributed by atoms with E-state index in [4.69, 9.17) is 33.7 Å². The minimum atomic E-state index is -0.441. The quantitative estimate of drug-likeness (QED) is 0.672. The molecule has 0 aliphatic heterocycles. The van der Waals surface area contributed by atoms with E-state index in [1.807, 2.05) is 6.26 Å². The van der Waals surface area contributed by atoms with Crippen LogP contribution in [0.1, 0.15) is 12.8 Å². The molecule has 118 valence electrons. The summed E-state index contributed by atoms with van der Waals surface area (Å²) in [7, 11) is 0. The van der Waals surface area contributed by atoms with Gasteiger partial charge in [-0.25, -0.2) is 0 Å². The number of ether oxygens (including phenoxy) is 1. The van der Waals surface area contributed by atoms with Gasteiger partial charge in [0, 0.05) is 11.6 Å². The first-order valence-electron chi connectivity index (χ1n) is 6.64. The Morgan fingerprint density at radius 3 is 2.90 bits per heavy atom. The van der Waals surface area contributed by atoms with Crippen LogP contribution in [-0.2, 0) is 4.79 Å². The molecule has 0 heterocycles. The lowest BCUT2D eigenvalue weighted by Crippen LogP contribution is -2.41. The van der Waals surface area contributed by atoms with Crippen LogP contribution in [-0.4, -0.2) is 37.1 Å². The standard InChI is InChI=1S/C14H20Cl2N2O2S/c1-21-8-5-12(17)14(19)18-6-2-7-20-13-4-3-10(15)9-11(13)16/h3-4,9,12H,2,5-8,17H2,1H3,(H,18,19)/t12-/m0/s1. The molecule has 7 heteroatoms. The summed E-state index contributed by atoms with van der Waals surface area (Å²) >= 11 is 13.5. The zero-order valence-corrected chi connectivity index (χ0v) is 14.2. The minimum absolute atomic E-state index is 0.117. The summed E-state index contributed by atoms with van der Waals surface area (Å²) in [6.45, 7) is 0.985. The van der Waals surface area contributed by atoms with Crippen molar-refractivity contribution in [3.63, 3.8) is 0 Å². The van der Waals surface area contributed by atoms with Crippen molar-refractivity contribution in [3.8, 4) is 5.75 Å². The maximum absolute atomic E-state index is 11.7. The first kappa shape index (κ1) is 18.4. The van der Waals surface area contributed by atoms with Gasteiger partial charge >= 0.3 is 0 Å². The van der Waals surface area contributed by atoms with E-state index >= 15 is 0 Å². The minimum Gasteiger partial charge on any atom is -0.492 e. The van der Waals surface area contributed by atoms with E-state index in [-0.39, 0.29) is 5.91 Å². The Morgan fingerprint density at radius 2 is 2.24 bits per heavy atom. The smallest absolute Gasteiger partial charge is 0.236 e. The van der Waals surface area contributed by atoms with Crippen molar-refractivity contribution >= 4 is 40.9 Å². The molecule has 1 aromatic carbocycles. The molecule has 0 spiro atoms. The Balaban J connectivity index is 2.18. The van der Waals surface area contributed by atoms with Crippen molar-refractivity contribution in [2.24, 2.45) is 5.73 Å². The summed E-state index contributed by atoms with van der Waals surface area (Å²) in [5.41, 5.74) is 5.76. The van der Waals surface area contributed by atoms with Crippen molar-refractivity contribution in [1.29, 1.82) is 0 Å². The number of rotatable bonds is 9. The van der Waals surface area contributed by atoms with Crippen LogP contribution in [0.15, 0.2) is 18.2 Å². The monoisotopic (exact) mass is 350 g/mol. The van der Waals surface area contributed by atoms with E-state index < -0.39 is 6.04 Å². The van der Waals surface area contributed by atoms with Crippen LogP contribution in [0.3, 0.4) is 0 Å². The molecule has 4 nitrogen and oxygen atoms in total. The van der Waals surface area contributed by atoms with E-state index in [1.54, 1.807) is 30.0 Å². The van der Waals surface area contributed by atoms with Gasteiger partial charge < -0.3 is 15.8 Å². The summed E-state index contributed by atoms with van der Waals surface area (Å²) in [6, 6.07) is 4.63. The first-order valence-corrected chi connectivity index (χ1v) is 8.79.